The third-order valence-electron chi connectivity index (χ3n) is 2.80. The molecule has 3 atom stereocenters. The van der Waals surface area contributed by atoms with E-state index in [9.17, 15) is 0 Å². The van der Waals surface area contributed by atoms with Crippen molar-refractivity contribution in [2.75, 3.05) is 6.16 Å². The summed E-state index contributed by atoms with van der Waals surface area (Å²) in [5.74, 6) is 1.02. The van der Waals surface area contributed by atoms with Crippen molar-refractivity contribution in [1.82, 2.24) is 0 Å². The van der Waals surface area contributed by atoms with E-state index in [1.165, 1.54) is 46.8 Å². The Balaban J connectivity index is 2.12. The van der Waals surface area contributed by atoms with Gasteiger partial charge in [-0.15, -0.1) is 8.58 Å². The molecule has 1 aliphatic heterocycles. The van der Waals surface area contributed by atoms with Gasteiger partial charge in [-0.25, -0.2) is 0 Å². The van der Waals surface area contributed by atoms with Crippen LogP contribution < -0.4 is 0 Å². The fourth-order valence-electron chi connectivity index (χ4n) is 1.92. The lowest BCUT2D eigenvalue weighted by molar-refractivity contribution is 0.475. The summed E-state index contributed by atoms with van der Waals surface area (Å²) in [6.45, 7) is 4.75. The second-order valence-corrected chi connectivity index (χ2v) is 5.47. The van der Waals surface area contributed by atoms with E-state index in [-0.39, 0.29) is 0 Å². The number of hydrogen-bond acceptors (Lipinski definition) is 0. The topological polar surface area (TPSA) is 0 Å². The van der Waals surface area contributed by atoms with Gasteiger partial charge in [0.05, 0.1) is 0 Å². The lowest BCUT2D eigenvalue weighted by atomic mass is 9.98. The zero-order valence-electron chi connectivity index (χ0n) is 7.90. The predicted molar refractivity (Wildman–Crippen MR) is 54.9 cm³/mol. The van der Waals surface area contributed by atoms with Gasteiger partial charge >= 0.3 is 0 Å². The fourth-order valence-corrected chi connectivity index (χ4v) is 3.68. The average molecular weight is 172 g/mol. The van der Waals surface area contributed by atoms with Crippen molar-refractivity contribution in [1.29, 1.82) is 0 Å². The van der Waals surface area contributed by atoms with Crippen LogP contribution in [-0.2, 0) is 0 Å². The Morgan fingerprint density at radius 3 is 2.91 bits per heavy atom. The molecule has 0 aromatic rings. The number of hydrogen-bond donors (Lipinski definition) is 0. The van der Waals surface area contributed by atoms with Gasteiger partial charge in [0, 0.05) is 0 Å². The molecule has 11 heavy (non-hydrogen) atoms. The van der Waals surface area contributed by atoms with Crippen LogP contribution in [0.2, 0.25) is 0 Å². The van der Waals surface area contributed by atoms with E-state index in [0.717, 1.165) is 11.6 Å². The molecule has 0 radical (unpaired) electrons. The first-order valence-corrected chi connectivity index (χ1v) is 6.36. The molecule has 0 aliphatic carbocycles. The summed E-state index contributed by atoms with van der Waals surface area (Å²) >= 11 is 0. The summed E-state index contributed by atoms with van der Waals surface area (Å²) in [6, 6.07) is 0. The van der Waals surface area contributed by atoms with E-state index in [4.69, 9.17) is 0 Å². The van der Waals surface area contributed by atoms with E-state index in [1.54, 1.807) is 0 Å². The predicted octanol–water partition coefficient (Wildman–Crippen LogP) is 3.65. The first-order valence-electron chi connectivity index (χ1n) is 5.08. The molecule has 0 amide bonds. The lowest BCUT2D eigenvalue weighted by Gasteiger charge is -2.17. The molecule has 1 rings (SSSR count). The Morgan fingerprint density at radius 1 is 1.55 bits per heavy atom. The Kier molecular flexibility index (Phi) is 4.45. The Hall–Kier alpha value is 0.430. The smallest absolute Gasteiger partial charge is 0.0211 e. The van der Waals surface area contributed by atoms with Crippen LogP contribution in [0.1, 0.15) is 46.0 Å². The molecule has 0 aromatic heterocycles. The monoisotopic (exact) mass is 172 g/mol. The molecule has 0 bridgehead atoms. The van der Waals surface area contributed by atoms with Gasteiger partial charge in [0.1, 0.15) is 0 Å². The normalized spacial score (nSPS) is 29.5. The van der Waals surface area contributed by atoms with Crippen molar-refractivity contribution in [3.05, 3.63) is 0 Å². The number of rotatable bonds is 4. The zero-order valence-corrected chi connectivity index (χ0v) is 8.90. The largest absolute Gasteiger partial charge is 0.119 e. The summed E-state index contributed by atoms with van der Waals surface area (Å²) in [6.07, 6.45) is 8.88. The van der Waals surface area contributed by atoms with Gasteiger partial charge in [-0.1, -0.05) is 33.1 Å². The minimum atomic E-state index is 1.02. The van der Waals surface area contributed by atoms with Crippen molar-refractivity contribution in [3.8, 4) is 0 Å². The second-order valence-electron chi connectivity index (χ2n) is 3.82. The third kappa shape index (κ3) is 3.11. The van der Waals surface area contributed by atoms with Crippen LogP contribution in [0.3, 0.4) is 0 Å². The van der Waals surface area contributed by atoms with Gasteiger partial charge in [-0.3, -0.25) is 0 Å². The maximum absolute atomic E-state index is 2.46. The van der Waals surface area contributed by atoms with Crippen molar-refractivity contribution < 1.29 is 0 Å². The fraction of sp³-hybridized carbons (Fsp3) is 1.00. The third-order valence-corrected chi connectivity index (χ3v) is 4.82. The van der Waals surface area contributed by atoms with Crippen LogP contribution in [0.4, 0.5) is 0 Å². The molecule has 1 aliphatic rings. The number of unbranched alkanes of at least 4 members (excludes halogenated alkanes) is 1. The molecule has 0 N–H and O–H groups in total. The molecule has 0 saturated carbocycles. The summed E-state index contributed by atoms with van der Waals surface area (Å²) in [5.41, 5.74) is 1.11. The van der Waals surface area contributed by atoms with Crippen LogP contribution in [-0.4, -0.2) is 11.8 Å². The van der Waals surface area contributed by atoms with Gasteiger partial charge in [0.15, 0.2) is 0 Å². The molecule has 1 fully saturated rings. The Bertz CT molecular complexity index is 95.0. The molecule has 1 heteroatoms. The summed E-state index contributed by atoms with van der Waals surface area (Å²) < 4.78 is 0. The molecule has 0 aromatic carbocycles. The average Bonchev–Trinajstić information content (AvgIpc) is 2.52. The van der Waals surface area contributed by atoms with E-state index in [1.807, 2.05) is 0 Å². The molecular formula is C10H21P. The maximum atomic E-state index is 2.46. The van der Waals surface area contributed by atoms with Gasteiger partial charge in [-0.05, 0) is 30.6 Å². The van der Waals surface area contributed by atoms with Gasteiger partial charge in [0.2, 0.25) is 0 Å². The zero-order chi connectivity index (χ0) is 8.10. The molecule has 0 spiro atoms. The Labute approximate surface area is 72.9 Å². The van der Waals surface area contributed by atoms with Gasteiger partial charge in [0.25, 0.3) is 0 Å². The highest BCUT2D eigenvalue weighted by Gasteiger charge is 2.20. The molecule has 66 valence electrons. The molecule has 1 heterocycles. The standard InChI is InChI=1S/C10H21P/c1-3-4-6-9(2)10-7-5-8-11-10/h9-11H,3-8H2,1-2H3. The summed E-state index contributed by atoms with van der Waals surface area (Å²) in [5, 5.41) is 0. The SMILES string of the molecule is CCCCC(C)C1CCCP1. The van der Waals surface area contributed by atoms with Crippen LogP contribution in [0, 0.1) is 5.92 Å². The second kappa shape index (κ2) is 5.14. The first-order chi connectivity index (χ1) is 5.34. The minimum Gasteiger partial charge on any atom is -0.119 e. The van der Waals surface area contributed by atoms with E-state index >= 15 is 0 Å². The Morgan fingerprint density at radius 2 is 2.36 bits per heavy atom. The van der Waals surface area contributed by atoms with Crippen molar-refractivity contribution in [3.63, 3.8) is 0 Å². The van der Waals surface area contributed by atoms with Crippen LogP contribution in [0.5, 0.6) is 0 Å². The minimum absolute atomic E-state index is 1.02. The molecule has 1 saturated heterocycles. The first kappa shape index (κ1) is 9.52. The molecule has 0 nitrogen and oxygen atoms in total. The molecule has 3 unspecified atom stereocenters. The highest BCUT2D eigenvalue weighted by molar-refractivity contribution is 7.39. The van der Waals surface area contributed by atoms with Gasteiger partial charge in [-0.2, -0.15) is 0 Å². The highest BCUT2D eigenvalue weighted by atomic mass is 31.1. The summed E-state index contributed by atoms with van der Waals surface area (Å²) in [4.78, 5) is 0. The quantitative estimate of drug-likeness (QED) is 0.568. The van der Waals surface area contributed by atoms with Crippen molar-refractivity contribution in [2.45, 2.75) is 51.6 Å². The van der Waals surface area contributed by atoms with Crippen LogP contribution in [0.15, 0.2) is 0 Å². The highest BCUT2D eigenvalue weighted by Crippen LogP contribution is 2.38. The molecular weight excluding hydrogens is 151 g/mol. The van der Waals surface area contributed by atoms with Crippen LogP contribution in [0.25, 0.3) is 0 Å². The van der Waals surface area contributed by atoms with Crippen LogP contribution >= 0.6 is 8.58 Å². The van der Waals surface area contributed by atoms with E-state index in [0.29, 0.717) is 0 Å². The van der Waals surface area contributed by atoms with E-state index < -0.39 is 0 Å². The van der Waals surface area contributed by atoms with Crippen molar-refractivity contribution in [2.24, 2.45) is 5.92 Å². The van der Waals surface area contributed by atoms with Crippen molar-refractivity contribution >= 4 is 8.58 Å². The van der Waals surface area contributed by atoms with E-state index in [2.05, 4.69) is 13.8 Å². The van der Waals surface area contributed by atoms with Gasteiger partial charge < -0.3 is 0 Å². The lowest BCUT2D eigenvalue weighted by Crippen LogP contribution is -2.09. The summed E-state index contributed by atoms with van der Waals surface area (Å²) in [7, 11) is 1.29. The maximum Gasteiger partial charge on any atom is -0.0211 e.